The number of hydrogen-bond acceptors (Lipinski definition) is 4. The molecule has 0 radical (unpaired) electrons. The van der Waals surface area contributed by atoms with Crippen molar-refractivity contribution in [2.24, 2.45) is 5.73 Å². The zero-order chi connectivity index (χ0) is 9.26. The molecule has 0 saturated heterocycles. The second-order valence-electron chi connectivity index (χ2n) is 2.48. The third-order valence-electron chi connectivity index (χ3n) is 1.61. The van der Waals surface area contributed by atoms with Crippen molar-refractivity contribution in [3.63, 3.8) is 0 Å². The third kappa shape index (κ3) is 1.31. The molecule has 2 heterocycles. The van der Waals surface area contributed by atoms with Crippen molar-refractivity contribution in [2.45, 2.75) is 0 Å². The van der Waals surface area contributed by atoms with Crippen LogP contribution in [-0.4, -0.2) is 20.9 Å². The number of carbonyl (C=O) groups is 1. The minimum atomic E-state index is -0.562. The van der Waals surface area contributed by atoms with Crippen LogP contribution in [0, 0.1) is 0 Å². The third-order valence-corrected chi connectivity index (χ3v) is 1.61. The van der Waals surface area contributed by atoms with Gasteiger partial charge in [0, 0.05) is 12.4 Å². The van der Waals surface area contributed by atoms with Crippen molar-refractivity contribution < 1.29 is 4.79 Å². The Balaban J connectivity index is 2.69. The van der Waals surface area contributed by atoms with Crippen LogP contribution in [0.4, 0.5) is 0 Å². The molecule has 0 fully saturated rings. The summed E-state index contributed by atoms with van der Waals surface area (Å²) in [5, 5.41) is 0. The number of aromatic nitrogens is 3. The minimum absolute atomic E-state index is 0.202. The van der Waals surface area contributed by atoms with Gasteiger partial charge in [0.15, 0.2) is 0 Å². The van der Waals surface area contributed by atoms with Crippen LogP contribution >= 0.6 is 0 Å². The predicted molar refractivity (Wildman–Crippen MR) is 45.9 cm³/mol. The van der Waals surface area contributed by atoms with Crippen molar-refractivity contribution >= 4 is 16.9 Å². The molecule has 2 rings (SSSR count). The van der Waals surface area contributed by atoms with Crippen molar-refractivity contribution in [1.29, 1.82) is 0 Å². The SMILES string of the molecule is NC(=O)c1cc2nccnc2cn1. The van der Waals surface area contributed by atoms with Crippen molar-refractivity contribution in [3.05, 3.63) is 30.4 Å². The van der Waals surface area contributed by atoms with E-state index in [1.807, 2.05) is 0 Å². The molecule has 2 N–H and O–H groups in total. The van der Waals surface area contributed by atoms with Gasteiger partial charge < -0.3 is 5.73 Å². The standard InChI is InChI=1S/C8H6N4O/c9-8(13)6-3-5-7(4-12-6)11-2-1-10-5/h1-4H,(H2,9,13). The van der Waals surface area contributed by atoms with E-state index in [0.717, 1.165) is 0 Å². The molecule has 0 spiro atoms. The van der Waals surface area contributed by atoms with Gasteiger partial charge in [-0.2, -0.15) is 0 Å². The van der Waals surface area contributed by atoms with Gasteiger partial charge in [0.2, 0.25) is 0 Å². The van der Waals surface area contributed by atoms with Crippen LogP contribution in [0.5, 0.6) is 0 Å². The zero-order valence-electron chi connectivity index (χ0n) is 6.64. The molecule has 0 aliphatic carbocycles. The minimum Gasteiger partial charge on any atom is -0.364 e. The fraction of sp³-hybridized carbons (Fsp3) is 0. The Hall–Kier alpha value is -2.04. The molecule has 5 nitrogen and oxygen atoms in total. The molecule has 0 aliphatic rings. The number of amides is 1. The summed E-state index contributed by atoms with van der Waals surface area (Å²) in [5.41, 5.74) is 6.52. The van der Waals surface area contributed by atoms with Gasteiger partial charge in [-0.25, -0.2) is 4.98 Å². The van der Waals surface area contributed by atoms with Crippen LogP contribution in [0.15, 0.2) is 24.7 Å². The van der Waals surface area contributed by atoms with E-state index in [2.05, 4.69) is 15.0 Å². The first kappa shape index (κ1) is 7.60. The molecule has 2 aromatic heterocycles. The molecule has 2 aromatic rings. The number of fused-ring (bicyclic) bond motifs is 1. The van der Waals surface area contributed by atoms with E-state index in [4.69, 9.17) is 5.73 Å². The average Bonchev–Trinajstić information content (AvgIpc) is 2.17. The number of nitrogens with zero attached hydrogens (tertiary/aromatic N) is 3. The quantitative estimate of drug-likeness (QED) is 0.665. The number of pyridine rings is 1. The smallest absolute Gasteiger partial charge is 0.267 e. The maximum absolute atomic E-state index is 10.8. The molecule has 0 unspecified atom stereocenters. The molecule has 0 saturated carbocycles. The van der Waals surface area contributed by atoms with E-state index in [0.29, 0.717) is 11.0 Å². The summed E-state index contributed by atoms with van der Waals surface area (Å²) < 4.78 is 0. The van der Waals surface area contributed by atoms with Crippen LogP contribution in [0.25, 0.3) is 11.0 Å². The van der Waals surface area contributed by atoms with Crippen molar-refractivity contribution in [3.8, 4) is 0 Å². The predicted octanol–water partition coefficient (Wildman–Crippen LogP) is 0.124. The van der Waals surface area contributed by atoms with Gasteiger partial charge in [0.1, 0.15) is 11.2 Å². The van der Waals surface area contributed by atoms with Gasteiger partial charge in [-0.15, -0.1) is 0 Å². The molecular weight excluding hydrogens is 168 g/mol. The Kier molecular flexibility index (Phi) is 1.63. The van der Waals surface area contributed by atoms with E-state index < -0.39 is 5.91 Å². The molecule has 0 aromatic carbocycles. The average molecular weight is 174 g/mol. The van der Waals surface area contributed by atoms with Gasteiger partial charge in [-0.1, -0.05) is 0 Å². The normalized spacial score (nSPS) is 10.2. The summed E-state index contributed by atoms with van der Waals surface area (Å²) in [6, 6.07) is 1.52. The molecule has 0 atom stereocenters. The number of primary amides is 1. The highest BCUT2D eigenvalue weighted by Gasteiger charge is 2.03. The second kappa shape index (κ2) is 2.78. The summed E-state index contributed by atoms with van der Waals surface area (Å²) in [5.74, 6) is -0.562. The fourth-order valence-electron chi connectivity index (χ4n) is 1.00. The Labute approximate surface area is 73.6 Å². The molecule has 13 heavy (non-hydrogen) atoms. The monoisotopic (exact) mass is 174 g/mol. The van der Waals surface area contributed by atoms with E-state index in [-0.39, 0.29) is 5.69 Å². The summed E-state index contributed by atoms with van der Waals surface area (Å²) >= 11 is 0. The highest BCUT2D eigenvalue weighted by atomic mass is 16.1. The zero-order valence-corrected chi connectivity index (χ0v) is 6.64. The number of hydrogen-bond donors (Lipinski definition) is 1. The maximum atomic E-state index is 10.8. The molecule has 0 aliphatic heterocycles. The van der Waals surface area contributed by atoms with Gasteiger partial charge in [-0.05, 0) is 6.07 Å². The van der Waals surface area contributed by atoms with Gasteiger partial charge in [0.25, 0.3) is 5.91 Å². The molecule has 1 amide bonds. The van der Waals surface area contributed by atoms with E-state index in [1.54, 1.807) is 12.4 Å². The topological polar surface area (TPSA) is 81.8 Å². The van der Waals surface area contributed by atoms with Gasteiger partial charge in [-0.3, -0.25) is 14.8 Å². The van der Waals surface area contributed by atoms with Crippen LogP contribution in [0.3, 0.4) is 0 Å². The van der Waals surface area contributed by atoms with Crippen LogP contribution in [0.1, 0.15) is 10.5 Å². The molecule has 5 heteroatoms. The van der Waals surface area contributed by atoms with Crippen molar-refractivity contribution in [2.75, 3.05) is 0 Å². The first-order chi connectivity index (χ1) is 6.27. The summed E-state index contributed by atoms with van der Waals surface area (Å²) in [6.07, 6.45) is 4.59. The highest BCUT2D eigenvalue weighted by molar-refractivity contribution is 5.93. The second-order valence-corrected chi connectivity index (χ2v) is 2.48. The van der Waals surface area contributed by atoms with E-state index in [1.165, 1.54) is 12.3 Å². The lowest BCUT2D eigenvalue weighted by Gasteiger charge is -1.96. The first-order valence-corrected chi connectivity index (χ1v) is 3.64. The number of carbonyl (C=O) groups excluding carboxylic acids is 1. The van der Waals surface area contributed by atoms with Crippen LogP contribution in [0.2, 0.25) is 0 Å². The first-order valence-electron chi connectivity index (χ1n) is 3.64. The Morgan fingerprint density at radius 3 is 2.54 bits per heavy atom. The van der Waals surface area contributed by atoms with Gasteiger partial charge in [0.05, 0.1) is 11.7 Å². The molecule has 0 bridgehead atoms. The van der Waals surface area contributed by atoms with Gasteiger partial charge >= 0.3 is 0 Å². The lowest BCUT2D eigenvalue weighted by atomic mass is 10.3. The lowest BCUT2D eigenvalue weighted by molar-refractivity contribution is 0.0996. The maximum Gasteiger partial charge on any atom is 0.267 e. The summed E-state index contributed by atoms with van der Waals surface area (Å²) in [4.78, 5) is 22.6. The van der Waals surface area contributed by atoms with E-state index in [9.17, 15) is 4.79 Å². The van der Waals surface area contributed by atoms with Crippen LogP contribution < -0.4 is 5.73 Å². The fourth-order valence-corrected chi connectivity index (χ4v) is 1.00. The molecule has 64 valence electrons. The van der Waals surface area contributed by atoms with Crippen molar-refractivity contribution in [1.82, 2.24) is 15.0 Å². The number of nitrogens with two attached hydrogens (primary N) is 1. The summed E-state index contributed by atoms with van der Waals surface area (Å²) in [7, 11) is 0. The molecular formula is C8H6N4O. The van der Waals surface area contributed by atoms with E-state index >= 15 is 0 Å². The Morgan fingerprint density at radius 1 is 1.15 bits per heavy atom. The summed E-state index contributed by atoms with van der Waals surface area (Å²) in [6.45, 7) is 0. The Bertz CT molecular complexity index is 468. The Morgan fingerprint density at radius 2 is 1.85 bits per heavy atom. The largest absolute Gasteiger partial charge is 0.364 e. The lowest BCUT2D eigenvalue weighted by Crippen LogP contribution is -2.12. The highest BCUT2D eigenvalue weighted by Crippen LogP contribution is 2.06. The van der Waals surface area contributed by atoms with Crippen LogP contribution in [-0.2, 0) is 0 Å². The number of rotatable bonds is 1.